The maximum atomic E-state index is 11.4. The summed E-state index contributed by atoms with van der Waals surface area (Å²) in [4.78, 5) is 13.1. The predicted octanol–water partition coefficient (Wildman–Crippen LogP) is -0.482. The van der Waals surface area contributed by atoms with Crippen molar-refractivity contribution in [2.75, 3.05) is 26.2 Å². The lowest BCUT2D eigenvalue weighted by atomic mass is 10.0. The number of nitrogens with one attached hydrogen (secondary N) is 1. The molecular formula is C8H13N3O2S. The molecule has 0 bridgehead atoms. The molecule has 0 spiro atoms. The third-order valence-corrected chi connectivity index (χ3v) is 2.92. The van der Waals surface area contributed by atoms with Crippen LogP contribution in [0.3, 0.4) is 0 Å². The number of rotatable bonds is 0. The molecule has 0 aromatic rings. The maximum Gasteiger partial charge on any atom is 0.417 e. The fourth-order valence-electron chi connectivity index (χ4n) is 2.16. The van der Waals surface area contributed by atoms with Gasteiger partial charge in [0.05, 0.1) is 0 Å². The summed E-state index contributed by atoms with van der Waals surface area (Å²) in [6, 6.07) is 0. The van der Waals surface area contributed by atoms with E-state index < -0.39 is 6.09 Å². The van der Waals surface area contributed by atoms with Crippen LogP contribution in [0.2, 0.25) is 0 Å². The highest BCUT2D eigenvalue weighted by molar-refractivity contribution is 7.80. The van der Waals surface area contributed by atoms with Crippen molar-refractivity contribution in [1.29, 1.82) is 0 Å². The fourth-order valence-corrected chi connectivity index (χ4v) is 2.23. The summed E-state index contributed by atoms with van der Waals surface area (Å²) in [7, 11) is 0. The second-order valence-corrected chi connectivity index (χ2v) is 4.17. The third-order valence-electron chi connectivity index (χ3n) is 2.84. The molecule has 2 heterocycles. The van der Waals surface area contributed by atoms with Crippen LogP contribution in [0.1, 0.15) is 0 Å². The van der Waals surface area contributed by atoms with E-state index in [9.17, 15) is 4.79 Å². The zero-order chi connectivity index (χ0) is 10.1. The van der Waals surface area contributed by atoms with E-state index in [1.165, 1.54) is 0 Å². The highest BCUT2D eigenvalue weighted by atomic mass is 32.1. The molecule has 2 atom stereocenters. The van der Waals surface area contributed by atoms with Crippen LogP contribution in [-0.2, 0) is 4.74 Å². The minimum Gasteiger partial charge on any atom is -0.383 e. The number of nitrogens with zero attached hydrogens (tertiary/aromatic N) is 1. The summed E-state index contributed by atoms with van der Waals surface area (Å²) in [6.07, 6.45) is -0.410. The van der Waals surface area contributed by atoms with Crippen molar-refractivity contribution in [1.82, 2.24) is 10.2 Å². The van der Waals surface area contributed by atoms with Crippen LogP contribution >= 0.6 is 12.2 Å². The number of carbonyl (C=O) groups excluding carboxylic acids is 1. The SMILES string of the molecule is NC(=S)OC(=O)N1CC2CNCC2C1. The number of thiocarbonyl (C=S) groups is 1. The van der Waals surface area contributed by atoms with E-state index in [0.717, 1.165) is 26.2 Å². The molecule has 2 saturated heterocycles. The van der Waals surface area contributed by atoms with Crippen LogP contribution in [0, 0.1) is 11.8 Å². The molecule has 2 rings (SSSR count). The van der Waals surface area contributed by atoms with Gasteiger partial charge >= 0.3 is 6.09 Å². The monoisotopic (exact) mass is 215 g/mol. The van der Waals surface area contributed by atoms with E-state index in [2.05, 4.69) is 22.3 Å². The minimum absolute atomic E-state index is 0.204. The Balaban J connectivity index is 1.89. The quantitative estimate of drug-likeness (QED) is 0.534. The Labute approximate surface area is 87.6 Å². The Kier molecular flexibility index (Phi) is 2.56. The average Bonchev–Trinajstić information content (AvgIpc) is 2.58. The second kappa shape index (κ2) is 3.70. The number of hydrogen-bond donors (Lipinski definition) is 2. The molecule has 2 aliphatic rings. The van der Waals surface area contributed by atoms with E-state index in [1.54, 1.807) is 4.90 Å². The predicted molar refractivity (Wildman–Crippen MR) is 54.7 cm³/mol. The maximum absolute atomic E-state index is 11.4. The van der Waals surface area contributed by atoms with Gasteiger partial charge in [0, 0.05) is 26.2 Å². The molecule has 5 nitrogen and oxygen atoms in total. The van der Waals surface area contributed by atoms with Crippen molar-refractivity contribution in [3.05, 3.63) is 0 Å². The van der Waals surface area contributed by atoms with Gasteiger partial charge in [-0.2, -0.15) is 0 Å². The first kappa shape index (κ1) is 9.67. The highest BCUT2D eigenvalue weighted by Gasteiger charge is 2.38. The van der Waals surface area contributed by atoms with Gasteiger partial charge in [0.1, 0.15) is 0 Å². The molecule has 2 fully saturated rings. The summed E-state index contributed by atoms with van der Waals surface area (Å²) in [5.41, 5.74) is 5.13. The minimum atomic E-state index is -0.410. The molecule has 0 aromatic heterocycles. The first-order chi connectivity index (χ1) is 6.66. The van der Waals surface area contributed by atoms with Crippen molar-refractivity contribution in [2.45, 2.75) is 0 Å². The lowest BCUT2D eigenvalue weighted by molar-refractivity contribution is 0.156. The molecule has 2 unspecified atom stereocenters. The van der Waals surface area contributed by atoms with Gasteiger partial charge < -0.3 is 20.7 Å². The molecule has 0 aromatic carbocycles. The smallest absolute Gasteiger partial charge is 0.383 e. The Bertz CT molecular complexity index is 259. The average molecular weight is 215 g/mol. The Hall–Kier alpha value is -0.880. The van der Waals surface area contributed by atoms with E-state index in [-0.39, 0.29) is 5.17 Å². The number of carbonyl (C=O) groups is 1. The molecule has 78 valence electrons. The normalized spacial score (nSPS) is 30.1. The molecule has 0 aliphatic carbocycles. The van der Waals surface area contributed by atoms with Crippen LogP contribution in [0.5, 0.6) is 0 Å². The molecule has 0 radical (unpaired) electrons. The first-order valence-electron chi connectivity index (χ1n) is 4.63. The van der Waals surface area contributed by atoms with Gasteiger partial charge in [0.15, 0.2) is 0 Å². The molecule has 0 saturated carbocycles. The van der Waals surface area contributed by atoms with Crippen LogP contribution in [0.4, 0.5) is 4.79 Å². The Morgan fingerprint density at radius 1 is 1.43 bits per heavy atom. The van der Waals surface area contributed by atoms with Crippen molar-refractivity contribution >= 4 is 23.5 Å². The zero-order valence-corrected chi connectivity index (χ0v) is 8.55. The van der Waals surface area contributed by atoms with Crippen LogP contribution in [0.15, 0.2) is 0 Å². The first-order valence-corrected chi connectivity index (χ1v) is 5.04. The number of nitrogens with two attached hydrogens (primary N) is 1. The van der Waals surface area contributed by atoms with E-state index in [4.69, 9.17) is 5.73 Å². The highest BCUT2D eigenvalue weighted by Crippen LogP contribution is 2.26. The van der Waals surface area contributed by atoms with Gasteiger partial charge in [-0.25, -0.2) is 4.79 Å². The molecule has 2 aliphatic heterocycles. The molecule has 14 heavy (non-hydrogen) atoms. The second-order valence-electron chi connectivity index (χ2n) is 3.77. The van der Waals surface area contributed by atoms with Crippen LogP contribution in [0.25, 0.3) is 0 Å². The lowest BCUT2D eigenvalue weighted by Crippen LogP contribution is -2.34. The number of fused-ring (bicyclic) bond motifs is 1. The van der Waals surface area contributed by atoms with Gasteiger partial charge in [-0.15, -0.1) is 0 Å². The van der Waals surface area contributed by atoms with Crippen LogP contribution < -0.4 is 11.1 Å². The van der Waals surface area contributed by atoms with Gasteiger partial charge in [-0.3, -0.25) is 0 Å². The Morgan fingerprint density at radius 2 is 2.00 bits per heavy atom. The fraction of sp³-hybridized carbons (Fsp3) is 0.750. The molecular weight excluding hydrogens is 202 g/mol. The summed E-state index contributed by atoms with van der Waals surface area (Å²) in [6.45, 7) is 3.47. The van der Waals surface area contributed by atoms with E-state index in [0.29, 0.717) is 11.8 Å². The number of ether oxygens (including phenoxy) is 1. The van der Waals surface area contributed by atoms with Crippen molar-refractivity contribution < 1.29 is 9.53 Å². The number of amides is 1. The molecule has 3 N–H and O–H groups in total. The van der Waals surface area contributed by atoms with Crippen molar-refractivity contribution in [3.63, 3.8) is 0 Å². The topological polar surface area (TPSA) is 67.6 Å². The molecule has 6 heteroatoms. The van der Waals surface area contributed by atoms with Gasteiger partial charge in [-0.1, -0.05) is 0 Å². The summed E-state index contributed by atoms with van der Waals surface area (Å²) < 4.78 is 4.68. The van der Waals surface area contributed by atoms with E-state index >= 15 is 0 Å². The van der Waals surface area contributed by atoms with Gasteiger partial charge in [-0.05, 0) is 24.1 Å². The number of likely N-dealkylation sites (tertiary alicyclic amines) is 1. The largest absolute Gasteiger partial charge is 0.417 e. The summed E-state index contributed by atoms with van der Waals surface area (Å²) in [5.74, 6) is 1.13. The van der Waals surface area contributed by atoms with Gasteiger partial charge in [0.2, 0.25) is 0 Å². The van der Waals surface area contributed by atoms with E-state index in [1.807, 2.05) is 0 Å². The molecule has 1 amide bonds. The summed E-state index contributed by atoms with van der Waals surface area (Å²) >= 11 is 4.50. The van der Waals surface area contributed by atoms with Crippen molar-refractivity contribution in [2.24, 2.45) is 17.6 Å². The zero-order valence-electron chi connectivity index (χ0n) is 7.73. The van der Waals surface area contributed by atoms with Crippen LogP contribution in [-0.4, -0.2) is 42.3 Å². The van der Waals surface area contributed by atoms with Crippen molar-refractivity contribution in [3.8, 4) is 0 Å². The number of hydrogen-bond acceptors (Lipinski definition) is 4. The summed E-state index contributed by atoms with van der Waals surface area (Å²) in [5, 5.41) is 3.09. The lowest BCUT2D eigenvalue weighted by Gasteiger charge is -2.15. The third kappa shape index (κ3) is 1.80. The Morgan fingerprint density at radius 3 is 2.50 bits per heavy atom. The van der Waals surface area contributed by atoms with Gasteiger partial charge in [0.25, 0.3) is 5.17 Å². The standard InChI is InChI=1S/C8H13N3O2S/c9-7(14)13-8(12)11-3-5-1-10-2-6(5)4-11/h5-6,10H,1-4H2,(H2,9,14).